The predicted octanol–water partition coefficient (Wildman–Crippen LogP) is 4.48. The lowest BCUT2D eigenvalue weighted by atomic mass is 9.90. The van der Waals surface area contributed by atoms with Crippen LogP contribution in [0.1, 0.15) is 46.5 Å². The molecule has 1 aliphatic carbocycles. The number of aromatic amines is 1. The lowest BCUT2D eigenvalue weighted by Gasteiger charge is -2.32. The molecule has 4 N–H and O–H groups in total. The number of pyridine rings is 1. The Morgan fingerprint density at radius 3 is 2.34 bits per heavy atom. The summed E-state index contributed by atoms with van der Waals surface area (Å²) in [5.41, 5.74) is 3.27. The molecule has 2 amide bonds. The average Bonchev–Trinajstić information content (AvgIpc) is 3.29. The van der Waals surface area contributed by atoms with Gasteiger partial charge in [0.1, 0.15) is 5.69 Å². The van der Waals surface area contributed by atoms with E-state index in [0.717, 1.165) is 46.9 Å². The number of rotatable bonds is 5. The predicted molar refractivity (Wildman–Crippen MR) is 134 cm³/mol. The summed E-state index contributed by atoms with van der Waals surface area (Å²) in [6.07, 6.45) is 5.13. The quantitative estimate of drug-likeness (QED) is 0.246. The van der Waals surface area contributed by atoms with Crippen molar-refractivity contribution in [2.24, 2.45) is 0 Å². The molecule has 0 aliphatic heterocycles. The van der Waals surface area contributed by atoms with Gasteiger partial charge in [-0.15, -0.1) is 0 Å². The molecule has 0 radical (unpaired) electrons. The third-order valence-corrected chi connectivity index (χ3v) is 6.74. The summed E-state index contributed by atoms with van der Waals surface area (Å²) in [6, 6.07) is 19.4. The standard InChI is InChI=1S/C27H25ClN4O3/c28-20-12-13-21-19(15-20)16-24(29-21)27(34)31-23-6-2-1-5-22(23)30-26(33)18-10-8-17(9-11-18)25-7-3-4-14-32(25)35/h3-4,7-16,22-23H,1-2,5-6H2,(H3-,29,30,31,33,34,35)/p+1/t22-,23+/m1/s1. The molecule has 8 heteroatoms. The van der Waals surface area contributed by atoms with Gasteiger partial charge in [-0.25, -0.2) is 0 Å². The number of nitrogens with one attached hydrogen (secondary N) is 3. The molecular formula is C27H26ClN4O3+. The number of carbonyl (C=O) groups excluding carboxylic acids is 2. The van der Waals surface area contributed by atoms with Crippen molar-refractivity contribution in [1.82, 2.24) is 15.6 Å². The van der Waals surface area contributed by atoms with Crippen molar-refractivity contribution >= 4 is 34.3 Å². The Bertz CT molecular complexity index is 1380. The number of aromatic nitrogens is 2. The molecular weight excluding hydrogens is 464 g/mol. The van der Waals surface area contributed by atoms with Crippen molar-refractivity contribution in [3.8, 4) is 11.3 Å². The molecule has 4 aromatic rings. The molecule has 0 saturated heterocycles. The summed E-state index contributed by atoms with van der Waals surface area (Å²) in [5.74, 6) is -0.388. The molecule has 0 bridgehead atoms. The number of halogens is 1. The number of H-pyrrole nitrogens is 1. The minimum atomic E-state index is -0.201. The molecule has 1 fully saturated rings. The second-order valence-electron chi connectivity index (χ2n) is 8.87. The van der Waals surface area contributed by atoms with Gasteiger partial charge in [0.05, 0.1) is 5.56 Å². The van der Waals surface area contributed by atoms with E-state index in [-0.39, 0.29) is 23.9 Å². The summed E-state index contributed by atoms with van der Waals surface area (Å²) in [4.78, 5) is 29.1. The highest BCUT2D eigenvalue weighted by Crippen LogP contribution is 2.23. The smallest absolute Gasteiger partial charge is 0.268 e. The fourth-order valence-electron chi connectivity index (χ4n) is 4.66. The van der Waals surface area contributed by atoms with Crippen LogP contribution in [0.3, 0.4) is 0 Å². The van der Waals surface area contributed by atoms with Gasteiger partial charge in [0, 0.05) is 50.4 Å². The monoisotopic (exact) mass is 489 g/mol. The van der Waals surface area contributed by atoms with Crippen molar-refractivity contribution in [1.29, 1.82) is 0 Å². The summed E-state index contributed by atoms with van der Waals surface area (Å²) in [5, 5.41) is 17.7. The van der Waals surface area contributed by atoms with Gasteiger partial charge in [-0.1, -0.05) is 24.4 Å². The fraction of sp³-hybridized carbons (Fsp3) is 0.222. The number of fused-ring (bicyclic) bond motifs is 1. The summed E-state index contributed by atoms with van der Waals surface area (Å²) >= 11 is 6.06. The number of nitrogens with zero attached hydrogens (tertiary/aromatic N) is 1. The third kappa shape index (κ3) is 5.00. The second-order valence-corrected chi connectivity index (χ2v) is 9.30. The molecule has 2 aromatic heterocycles. The SMILES string of the molecule is O=C(N[C@@H]1CCCC[C@@H]1NC(=O)c1cc2cc(Cl)ccc2[nH]1)c1ccc(-c2cccc[n+]2O)cc1. The van der Waals surface area contributed by atoms with Crippen LogP contribution in [0.2, 0.25) is 5.02 Å². The van der Waals surface area contributed by atoms with E-state index in [1.54, 1.807) is 54.7 Å². The van der Waals surface area contributed by atoms with Crippen LogP contribution < -0.4 is 15.4 Å². The molecule has 0 spiro atoms. The fourth-order valence-corrected chi connectivity index (χ4v) is 4.84. The second kappa shape index (κ2) is 9.80. The van der Waals surface area contributed by atoms with E-state index in [9.17, 15) is 14.8 Å². The van der Waals surface area contributed by atoms with Crippen LogP contribution in [0.25, 0.3) is 22.2 Å². The van der Waals surface area contributed by atoms with Gasteiger partial charge < -0.3 is 15.6 Å². The Hall–Kier alpha value is -3.84. The molecule has 35 heavy (non-hydrogen) atoms. The Kier molecular flexibility index (Phi) is 6.42. The van der Waals surface area contributed by atoms with Gasteiger partial charge in [0.2, 0.25) is 6.20 Å². The number of amides is 2. The minimum Gasteiger partial charge on any atom is -0.351 e. The van der Waals surface area contributed by atoms with Crippen molar-refractivity contribution < 1.29 is 19.5 Å². The van der Waals surface area contributed by atoms with E-state index < -0.39 is 0 Å². The molecule has 2 heterocycles. The summed E-state index contributed by atoms with van der Waals surface area (Å²) < 4.78 is 1.05. The first-order valence-electron chi connectivity index (χ1n) is 11.7. The van der Waals surface area contributed by atoms with Gasteiger partial charge in [-0.05, 0) is 67.4 Å². The van der Waals surface area contributed by atoms with Crippen molar-refractivity contribution in [3.63, 3.8) is 0 Å². The van der Waals surface area contributed by atoms with Gasteiger partial charge >= 0.3 is 0 Å². The highest BCUT2D eigenvalue weighted by Gasteiger charge is 2.29. The molecule has 5 rings (SSSR count). The maximum atomic E-state index is 13.0. The average molecular weight is 490 g/mol. The number of carbonyl (C=O) groups is 2. The van der Waals surface area contributed by atoms with Crippen LogP contribution >= 0.6 is 11.6 Å². The van der Waals surface area contributed by atoms with E-state index in [2.05, 4.69) is 15.6 Å². The van der Waals surface area contributed by atoms with Crippen LogP contribution in [-0.2, 0) is 0 Å². The molecule has 7 nitrogen and oxygen atoms in total. The van der Waals surface area contributed by atoms with Gasteiger partial charge in [-0.2, -0.15) is 0 Å². The van der Waals surface area contributed by atoms with E-state index in [1.807, 2.05) is 18.2 Å². The van der Waals surface area contributed by atoms with E-state index in [1.165, 1.54) is 0 Å². The van der Waals surface area contributed by atoms with Crippen LogP contribution in [0.15, 0.2) is 72.9 Å². The highest BCUT2D eigenvalue weighted by molar-refractivity contribution is 6.31. The number of hydrogen-bond donors (Lipinski definition) is 4. The number of benzene rings is 2. The molecule has 178 valence electrons. The number of hydrogen-bond acceptors (Lipinski definition) is 3. The van der Waals surface area contributed by atoms with E-state index in [4.69, 9.17) is 11.6 Å². The third-order valence-electron chi connectivity index (χ3n) is 6.51. The Morgan fingerprint density at radius 2 is 1.63 bits per heavy atom. The van der Waals surface area contributed by atoms with Gasteiger partial charge in [0.15, 0.2) is 0 Å². The summed E-state index contributed by atoms with van der Waals surface area (Å²) in [7, 11) is 0. The van der Waals surface area contributed by atoms with E-state index >= 15 is 0 Å². The molecule has 1 saturated carbocycles. The highest BCUT2D eigenvalue weighted by atomic mass is 35.5. The van der Waals surface area contributed by atoms with Crippen LogP contribution in [0.4, 0.5) is 0 Å². The van der Waals surface area contributed by atoms with Crippen LogP contribution in [0, 0.1) is 0 Å². The van der Waals surface area contributed by atoms with Crippen molar-refractivity contribution in [2.45, 2.75) is 37.8 Å². The molecule has 1 aliphatic rings. The van der Waals surface area contributed by atoms with Crippen molar-refractivity contribution in [3.05, 3.63) is 89.2 Å². The minimum absolute atomic E-state index is 0.160. The molecule has 2 aromatic carbocycles. The Labute approximate surface area is 207 Å². The topological polar surface area (TPSA) is 98.1 Å². The zero-order chi connectivity index (χ0) is 24.4. The van der Waals surface area contributed by atoms with Crippen LogP contribution in [0.5, 0.6) is 0 Å². The summed E-state index contributed by atoms with van der Waals surface area (Å²) in [6.45, 7) is 0. The van der Waals surface area contributed by atoms with Crippen molar-refractivity contribution in [2.75, 3.05) is 0 Å². The largest absolute Gasteiger partial charge is 0.351 e. The van der Waals surface area contributed by atoms with Gasteiger partial charge in [-0.3, -0.25) is 14.8 Å². The Balaban J connectivity index is 1.26. The molecule has 2 atom stereocenters. The van der Waals surface area contributed by atoms with E-state index in [0.29, 0.717) is 22.0 Å². The normalized spacial score (nSPS) is 17.7. The molecule has 0 unspecified atom stereocenters. The lowest BCUT2D eigenvalue weighted by molar-refractivity contribution is -0.896. The van der Waals surface area contributed by atoms with Crippen LogP contribution in [-0.4, -0.2) is 34.1 Å². The first kappa shape index (κ1) is 22.9. The zero-order valence-electron chi connectivity index (χ0n) is 19.0. The first-order valence-corrected chi connectivity index (χ1v) is 12.1. The zero-order valence-corrected chi connectivity index (χ0v) is 19.8. The maximum Gasteiger partial charge on any atom is 0.268 e. The first-order chi connectivity index (χ1) is 17.0. The lowest BCUT2D eigenvalue weighted by Crippen LogP contribution is -2.53. The Morgan fingerprint density at radius 1 is 0.914 bits per heavy atom. The van der Waals surface area contributed by atoms with Gasteiger partial charge in [0.25, 0.3) is 17.5 Å². The maximum absolute atomic E-state index is 13.0.